The first-order valence-corrected chi connectivity index (χ1v) is 9.72. The lowest BCUT2D eigenvalue weighted by Gasteiger charge is -2.19. The van der Waals surface area contributed by atoms with Gasteiger partial charge in [-0.3, -0.25) is 4.79 Å². The summed E-state index contributed by atoms with van der Waals surface area (Å²) in [6, 6.07) is 4.67. The molecule has 0 saturated heterocycles. The van der Waals surface area contributed by atoms with Crippen LogP contribution in [0.3, 0.4) is 0 Å². The lowest BCUT2D eigenvalue weighted by molar-refractivity contribution is -0.147. The number of aliphatic hydroxyl groups excluding tert-OH is 1. The van der Waals surface area contributed by atoms with Gasteiger partial charge in [-0.15, -0.1) is 5.92 Å². The lowest BCUT2D eigenvalue weighted by Crippen LogP contribution is -2.49. The highest BCUT2D eigenvalue weighted by molar-refractivity contribution is 7.89. The number of carbonyl (C=O) groups is 1. The molecule has 6 nitrogen and oxygen atoms in total. The highest BCUT2D eigenvalue weighted by Gasteiger charge is 2.32. The van der Waals surface area contributed by atoms with Gasteiger partial charge in [0.1, 0.15) is 6.10 Å². The Morgan fingerprint density at radius 3 is 2.48 bits per heavy atom. The summed E-state index contributed by atoms with van der Waals surface area (Å²) < 4.78 is 32.0. The maximum atomic E-state index is 12.5. The summed E-state index contributed by atoms with van der Waals surface area (Å²) in [6.07, 6.45) is 0.884. The molecule has 138 valence electrons. The molecule has 7 heteroatoms. The highest BCUT2D eigenvalue weighted by Crippen LogP contribution is 2.12. The van der Waals surface area contributed by atoms with Crippen LogP contribution in [-0.4, -0.2) is 38.2 Å². The predicted octanol–water partition coefficient (Wildman–Crippen LogP) is 1.76. The Hall–Kier alpha value is -1.88. The standard InChI is InChI=1S/C18H25NO5S/c1-4-6-7-8-9-16(20)17(18(21)24-5-2)19-25(22,23)15-12-10-14(3)11-13-15/h10-13,16-17,19-20H,4-7H2,1-3H3/t16-,17-/m0/s1. The van der Waals surface area contributed by atoms with Crippen molar-refractivity contribution >= 4 is 16.0 Å². The van der Waals surface area contributed by atoms with Crippen molar-refractivity contribution in [2.24, 2.45) is 0 Å². The fourth-order valence-electron chi connectivity index (χ4n) is 1.95. The molecule has 2 atom stereocenters. The number of esters is 1. The van der Waals surface area contributed by atoms with Crippen LogP contribution >= 0.6 is 0 Å². The van der Waals surface area contributed by atoms with Crippen LogP contribution in [0.5, 0.6) is 0 Å². The third-order valence-corrected chi connectivity index (χ3v) is 4.83. The minimum absolute atomic E-state index is 0.00135. The number of aryl methyl sites for hydroxylation is 1. The van der Waals surface area contributed by atoms with Crippen molar-refractivity contribution in [3.05, 3.63) is 29.8 Å². The fraction of sp³-hybridized carbons (Fsp3) is 0.500. The Kier molecular flexibility index (Phi) is 8.62. The summed E-state index contributed by atoms with van der Waals surface area (Å²) in [6.45, 7) is 5.51. The molecule has 0 unspecified atom stereocenters. The molecule has 2 N–H and O–H groups in total. The zero-order chi connectivity index (χ0) is 18.9. The van der Waals surface area contributed by atoms with Gasteiger partial charge in [-0.1, -0.05) is 37.0 Å². The number of rotatable bonds is 8. The zero-order valence-electron chi connectivity index (χ0n) is 14.8. The molecule has 0 heterocycles. The van der Waals surface area contributed by atoms with Crippen LogP contribution in [-0.2, 0) is 19.6 Å². The predicted molar refractivity (Wildman–Crippen MR) is 95.2 cm³/mol. The van der Waals surface area contributed by atoms with E-state index in [4.69, 9.17) is 4.74 Å². The first-order valence-electron chi connectivity index (χ1n) is 8.24. The van der Waals surface area contributed by atoms with Crippen LogP contribution in [0.1, 0.15) is 38.7 Å². The number of unbranched alkanes of at least 4 members (excludes halogenated alkanes) is 2. The molecule has 0 saturated carbocycles. The van der Waals surface area contributed by atoms with E-state index in [0.29, 0.717) is 6.42 Å². The van der Waals surface area contributed by atoms with Gasteiger partial charge in [0.2, 0.25) is 10.0 Å². The van der Waals surface area contributed by atoms with Crippen LogP contribution in [0.15, 0.2) is 29.2 Å². The second-order valence-electron chi connectivity index (χ2n) is 5.53. The van der Waals surface area contributed by atoms with Gasteiger partial charge in [-0.05, 0) is 32.4 Å². The van der Waals surface area contributed by atoms with Gasteiger partial charge in [0.05, 0.1) is 11.5 Å². The normalized spacial score (nSPS) is 13.4. The summed E-state index contributed by atoms with van der Waals surface area (Å²) in [4.78, 5) is 12.1. The van der Waals surface area contributed by atoms with Crippen molar-refractivity contribution in [2.75, 3.05) is 6.61 Å². The summed E-state index contributed by atoms with van der Waals surface area (Å²) in [5, 5.41) is 10.2. The third kappa shape index (κ3) is 6.86. The summed E-state index contributed by atoms with van der Waals surface area (Å²) in [5.41, 5.74) is 0.905. The molecule has 0 aromatic heterocycles. The molecule has 0 radical (unpaired) electrons. The second-order valence-corrected chi connectivity index (χ2v) is 7.25. The molecule has 1 rings (SSSR count). The van der Waals surface area contributed by atoms with Gasteiger partial charge in [0, 0.05) is 6.42 Å². The van der Waals surface area contributed by atoms with E-state index in [-0.39, 0.29) is 11.5 Å². The van der Waals surface area contributed by atoms with E-state index in [0.717, 1.165) is 18.4 Å². The van der Waals surface area contributed by atoms with Crippen molar-refractivity contribution in [1.82, 2.24) is 4.72 Å². The van der Waals surface area contributed by atoms with Crippen molar-refractivity contribution in [3.63, 3.8) is 0 Å². The number of aliphatic hydroxyl groups is 1. The fourth-order valence-corrected chi connectivity index (χ4v) is 3.14. The molecular weight excluding hydrogens is 342 g/mol. The molecule has 0 bridgehead atoms. The summed E-state index contributed by atoms with van der Waals surface area (Å²) in [5.74, 6) is 4.41. The molecule has 1 aromatic carbocycles. The highest BCUT2D eigenvalue weighted by atomic mass is 32.2. The molecule has 0 amide bonds. The van der Waals surface area contributed by atoms with Crippen molar-refractivity contribution in [1.29, 1.82) is 0 Å². The SMILES string of the molecule is CCCCC#C[C@H](O)[C@H](NS(=O)(=O)c1ccc(C)cc1)C(=O)OCC. The topological polar surface area (TPSA) is 92.7 Å². The Bertz CT molecular complexity index is 716. The Morgan fingerprint density at radius 2 is 1.92 bits per heavy atom. The number of ether oxygens (including phenoxy) is 1. The average Bonchev–Trinajstić information content (AvgIpc) is 2.57. The maximum Gasteiger partial charge on any atom is 0.327 e. The van der Waals surface area contributed by atoms with E-state index in [1.165, 1.54) is 12.1 Å². The largest absolute Gasteiger partial charge is 0.465 e. The molecule has 1 aromatic rings. The molecule has 0 fully saturated rings. The van der Waals surface area contributed by atoms with E-state index >= 15 is 0 Å². The second kappa shape index (κ2) is 10.2. The minimum atomic E-state index is -4.00. The van der Waals surface area contributed by atoms with E-state index in [2.05, 4.69) is 16.6 Å². The number of hydrogen-bond acceptors (Lipinski definition) is 5. The first kappa shape index (κ1) is 21.2. The van der Waals surface area contributed by atoms with Gasteiger partial charge in [0.15, 0.2) is 6.04 Å². The quantitative estimate of drug-likeness (QED) is 0.415. The minimum Gasteiger partial charge on any atom is -0.465 e. The van der Waals surface area contributed by atoms with Crippen LogP contribution in [0, 0.1) is 18.8 Å². The van der Waals surface area contributed by atoms with Crippen LogP contribution < -0.4 is 4.72 Å². The third-order valence-electron chi connectivity index (χ3n) is 3.37. The smallest absolute Gasteiger partial charge is 0.327 e. The number of benzene rings is 1. The zero-order valence-corrected chi connectivity index (χ0v) is 15.6. The number of nitrogens with one attached hydrogen (secondary N) is 1. The summed E-state index contributed by atoms with van der Waals surface area (Å²) in [7, 11) is -4.00. The monoisotopic (exact) mass is 367 g/mol. The van der Waals surface area contributed by atoms with E-state index in [1.807, 2.05) is 13.8 Å². The van der Waals surface area contributed by atoms with E-state index in [9.17, 15) is 18.3 Å². The number of carbonyl (C=O) groups excluding carboxylic acids is 1. The summed E-state index contributed by atoms with van der Waals surface area (Å²) >= 11 is 0. The van der Waals surface area contributed by atoms with Crippen LogP contribution in [0.4, 0.5) is 0 Å². The lowest BCUT2D eigenvalue weighted by atomic mass is 10.1. The number of hydrogen-bond donors (Lipinski definition) is 2. The molecule has 0 aliphatic carbocycles. The molecule has 0 aliphatic heterocycles. The Balaban J connectivity index is 3.00. The van der Waals surface area contributed by atoms with Gasteiger partial charge in [0.25, 0.3) is 0 Å². The molecule has 25 heavy (non-hydrogen) atoms. The van der Waals surface area contributed by atoms with Gasteiger partial charge in [-0.25, -0.2) is 8.42 Å². The molecular formula is C18H25NO5S. The van der Waals surface area contributed by atoms with Crippen LogP contribution in [0.2, 0.25) is 0 Å². The van der Waals surface area contributed by atoms with Crippen molar-refractivity contribution in [3.8, 4) is 11.8 Å². The average molecular weight is 367 g/mol. The Labute approximate surface area is 149 Å². The first-order chi connectivity index (χ1) is 11.8. The molecule has 0 aliphatic rings. The van der Waals surface area contributed by atoms with E-state index in [1.54, 1.807) is 19.1 Å². The van der Waals surface area contributed by atoms with E-state index < -0.39 is 28.1 Å². The van der Waals surface area contributed by atoms with Crippen molar-refractivity contribution in [2.45, 2.75) is 57.1 Å². The van der Waals surface area contributed by atoms with Gasteiger partial charge >= 0.3 is 5.97 Å². The van der Waals surface area contributed by atoms with Gasteiger partial charge in [-0.2, -0.15) is 4.72 Å². The Morgan fingerprint density at radius 1 is 1.28 bits per heavy atom. The van der Waals surface area contributed by atoms with Crippen molar-refractivity contribution < 1.29 is 23.1 Å². The van der Waals surface area contributed by atoms with Crippen LogP contribution in [0.25, 0.3) is 0 Å². The van der Waals surface area contributed by atoms with Gasteiger partial charge < -0.3 is 9.84 Å². The molecule has 0 spiro atoms. The maximum absolute atomic E-state index is 12.5. The number of sulfonamides is 1.